The highest BCUT2D eigenvalue weighted by Crippen LogP contribution is 2.28. The summed E-state index contributed by atoms with van der Waals surface area (Å²) in [5.74, 6) is -1.40. The number of aromatic nitrogens is 2. The van der Waals surface area contributed by atoms with Gasteiger partial charge in [0.1, 0.15) is 0 Å². The molecule has 0 aliphatic carbocycles. The fourth-order valence-electron chi connectivity index (χ4n) is 3.64. The lowest BCUT2D eigenvalue weighted by atomic mass is 10.1. The molecule has 0 spiro atoms. The first-order valence-electron chi connectivity index (χ1n) is 10.6. The van der Waals surface area contributed by atoms with E-state index in [1.54, 1.807) is 6.07 Å². The number of anilines is 1. The van der Waals surface area contributed by atoms with Crippen LogP contribution in [0.25, 0.3) is 0 Å². The van der Waals surface area contributed by atoms with E-state index in [4.69, 9.17) is 46.4 Å². The van der Waals surface area contributed by atoms with Crippen molar-refractivity contribution in [3.8, 4) is 0 Å². The summed E-state index contributed by atoms with van der Waals surface area (Å²) in [6.45, 7) is 1.44. The number of amides is 2. The zero-order valence-electron chi connectivity index (χ0n) is 18.4. The Bertz CT molecular complexity index is 1400. The minimum absolute atomic E-state index is 0.0391. The van der Waals surface area contributed by atoms with Crippen LogP contribution in [0.3, 0.4) is 0 Å². The summed E-state index contributed by atoms with van der Waals surface area (Å²) in [5, 5.41) is 12.9. The molecule has 9 nitrogen and oxygen atoms in total. The van der Waals surface area contributed by atoms with Gasteiger partial charge in [-0.2, -0.15) is 17.6 Å². The molecule has 0 bridgehead atoms. The van der Waals surface area contributed by atoms with Gasteiger partial charge in [0.25, 0.3) is 21.8 Å². The Labute approximate surface area is 227 Å². The maximum atomic E-state index is 13.3. The quantitative estimate of drug-likeness (QED) is 0.389. The van der Waals surface area contributed by atoms with E-state index in [-0.39, 0.29) is 48.0 Å². The summed E-state index contributed by atoms with van der Waals surface area (Å²) >= 11 is 24.2. The molecule has 2 amide bonds. The molecular formula is C22H19Cl4N5O4S. The number of nitrogens with zero attached hydrogens (tertiary/aromatic N) is 2. The number of rotatable bonds is 6. The van der Waals surface area contributed by atoms with Gasteiger partial charge < -0.3 is 16.0 Å². The second-order valence-corrected chi connectivity index (χ2v) is 11.4. The Kier molecular flexibility index (Phi) is 8.13. The van der Waals surface area contributed by atoms with E-state index < -0.39 is 21.8 Å². The first kappa shape index (κ1) is 26.7. The van der Waals surface area contributed by atoms with Crippen LogP contribution < -0.4 is 16.0 Å². The lowest BCUT2D eigenvalue weighted by molar-refractivity contribution is 0.0925. The van der Waals surface area contributed by atoms with E-state index >= 15 is 0 Å². The van der Waals surface area contributed by atoms with Crippen LogP contribution in [-0.4, -0.2) is 48.5 Å². The Balaban J connectivity index is 1.74. The minimum Gasteiger partial charge on any atom is -0.348 e. The van der Waals surface area contributed by atoms with Crippen molar-refractivity contribution in [2.24, 2.45) is 0 Å². The average Bonchev–Trinajstić information content (AvgIpc) is 3.23. The molecule has 190 valence electrons. The third-order valence-corrected chi connectivity index (χ3v) is 7.98. The third kappa shape index (κ3) is 5.80. The van der Waals surface area contributed by atoms with Crippen molar-refractivity contribution in [3.05, 3.63) is 73.9 Å². The Morgan fingerprint density at radius 1 is 0.972 bits per heavy atom. The van der Waals surface area contributed by atoms with Crippen LogP contribution >= 0.6 is 46.4 Å². The van der Waals surface area contributed by atoms with Crippen LogP contribution in [0.5, 0.6) is 0 Å². The number of nitrogens with one attached hydrogen (secondary N) is 3. The number of hydrogen-bond donors (Lipinski definition) is 3. The summed E-state index contributed by atoms with van der Waals surface area (Å²) < 4.78 is 27.1. The Morgan fingerprint density at radius 2 is 1.58 bits per heavy atom. The predicted molar refractivity (Wildman–Crippen MR) is 139 cm³/mol. The Hall–Kier alpha value is -2.34. The van der Waals surface area contributed by atoms with E-state index in [0.717, 1.165) is 19.3 Å². The second-order valence-electron chi connectivity index (χ2n) is 7.92. The van der Waals surface area contributed by atoms with E-state index in [9.17, 15) is 18.0 Å². The number of halogens is 4. The molecule has 14 heteroatoms. The fraction of sp³-hybridized carbons (Fsp3) is 0.227. The van der Waals surface area contributed by atoms with Gasteiger partial charge in [-0.25, -0.2) is 0 Å². The number of carbonyl (C=O) groups is 2. The number of hydrogen-bond acceptors (Lipinski definition) is 6. The van der Waals surface area contributed by atoms with Crippen molar-refractivity contribution >= 4 is 73.9 Å². The number of benzene rings is 2. The zero-order chi connectivity index (χ0) is 26.0. The topological polar surface area (TPSA) is 122 Å². The summed E-state index contributed by atoms with van der Waals surface area (Å²) in [4.78, 5) is 25.9. The van der Waals surface area contributed by atoms with Gasteiger partial charge in [-0.15, -0.1) is 0 Å². The molecular weight excluding hydrogens is 572 g/mol. The van der Waals surface area contributed by atoms with E-state index in [1.165, 1.54) is 30.3 Å². The normalized spacial score (nSPS) is 14.4. The van der Waals surface area contributed by atoms with Crippen LogP contribution in [0.2, 0.25) is 20.1 Å². The summed E-state index contributed by atoms with van der Waals surface area (Å²) in [7, 11) is -4.33. The van der Waals surface area contributed by atoms with Gasteiger partial charge in [0, 0.05) is 16.1 Å². The van der Waals surface area contributed by atoms with Gasteiger partial charge in [-0.3, -0.25) is 9.59 Å². The van der Waals surface area contributed by atoms with Crippen LogP contribution in [0, 0.1) is 0 Å². The lowest BCUT2D eigenvalue weighted by Gasteiger charge is -2.23. The molecule has 36 heavy (non-hydrogen) atoms. The van der Waals surface area contributed by atoms with Crippen molar-refractivity contribution in [3.63, 3.8) is 0 Å². The molecule has 3 N–H and O–H groups in total. The highest BCUT2D eigenvalue weighted by molar-refractivity contribution is 7.89. The van der Waals surface area contributed by atoms with Gasteiger partial charge in [0.15, 0.2) is 5.69 Å². The highest BCUT2D eigenvalue weighted by Gasteiger charge is 2.28. The average molecular weight is 591 g/mol. The largest absolute Gasteiger partial charge is 0.348 e. The standard InChI is InChI=1S/C22H19Cl4N5O4S/c23-12-8-13(24)10-15(9-12)36(34,35)31-11-18(29-21(32)19-16(25)2-1-3-17(19)26)20(30-31)22(33)28-14-4-6-27-7-5-14/h1-3,8-11,14,27H,4-7H2,(H,28,33)(H,29,32). The summed E-state index contributed by atoms with van der Waals surface area (Å²) in [5.41, 5.74) is -0.497. The maximum Gasteiger partial charge on any atom is 0.283 e. The summed E-state index contributed by atoms with van der Waals surface area (Å²) in [6, 6.07) is 8.14. The zero-order valence-corrected chi connectivity index (χ0v) is 22.2. The molecule has 0 saturated carbocycles. The fourth-order valence-corrected chi connectivity index (χ4v) is 6.07. The monoisotopic (exact) mass is 589 g/mol. The molecule has 1 aromatic heterocycles. The van der Waals surface area contributed by atoms with Gasteiger partial charge in [0.2, 0.25) is 0 Å². The summed E-state index contributed by atoms with van der Waals surface area (Å²) in [6.07, 6.45) is 2.38. The SMILES string of the molecule is O=C(NC1CCNCC1)c1nn(S(=O)(=O)c2cc(Cl)cc(Cl)c2)cc1NC(=O)c1c(Cl)cccc1Cl. The minimum atomic E-state index is -4.33. The molecule has 1 aliphatic rings. The molecule has 4 rings (SSSR count). The number of piperidine rings is 1. The first-order chi connectivity index (χ1) is 17.1. The van der Waals surface area contributed by atoms with Crippen LogP contribution in [0.15, 0.2) is 47.5 Å². The van der Waals surface area contributed by atoms with E-state index in [1.807, 2.05) is 0 Å². The molecule has 2 heterocycles. The van der Waals surface area contributed by atoms with Crippen molar-refractivity contribution < 1.29 is 18.0 Å². The van der Waals surface area contributed by atoms with Crippen LogP contribution in [0.4, 0.5) is 5.69 Å². The van der Waals surface area contributed by atoms with Crippen molar-refractivity contribution in [2.75, 3.05) is 18.4 Å². The van der Waals surface area contributed by atoms with E-state index in [2.05, 4.69) is 21.0 Å². The van der Waals surface area contributed by atoms with E-state index in [0.29, 0.717) is 16.9 Å². The smallest absolute Gasteiger partial charge is 0.283 e. The Morgan fingerprint density at radius 3 is 2.19 bits per heavy atom. The molecule has 0 atom stereocenters. The predicted octanol–water partition coefficient (Wildman–Crippen LogP) is 4.47. The van der Waals surface area contributed by atoms with Crippen molar-refractivity contribution in [1.29, 1.82) is 0 Å². The molecule has 3 aromatic rings. The molecule has 0 radical (unpaired) electrons. The molecule has 1 saturated heterocycles. The van der Waals surface area contributed by atoms with Crippen LogP contribution in [-0.2, 0) is 10.0 Å². The van der Waals surface area contributed by atoms with Crippen molar-refractivity contribution in [2.45, 2.75) is 23.8 Å². The molecule has 0 unspecified atom stereocenters. The lowest BCUT2D eigenvalue weighted by Crippen LogP contribution is -2.43. The van der Waals surface area contributed by atoms with Gasteiger partial charge in [-0.1, -0.05) is 52.5 Å². The van der Waals surface area contributed by atoms with Crippen LogP contribution in [0.1, 0.15) is 33.7 Å². The molecule has 1 fully saturated rings. The number of carbonyl (C=O) groups excluding carboxylic acids is 2. The van der Waals surface area contributed by atoms with Crippen molar-refractivity contribution in [1.82, 2.24) is 19.8 Å². The third-order valence-electron chi connectivity index (χ3n) is 5.40. The molecule has 1 aliphatic heterocycles. The first-order valence-corrected chi connectivity index (χ1v) is 13.6. The second kappa shape index (κ2) is 11.0. The van der Waals surface area contributed by atoms with Gasteiger partial charge in [-0.05, 0) is 56.3 Å². The maximum absolute atomic E-state index is 13.3. The highest BCUT2D eigenvalue weighted by atomic mass is 35.5. The van der Waals surface area contributed by atoms with Gasteiger partial charge >= 0.3 is 0 Å². The van der Waals surface area contributed by atoms with Gasteiger partial charge in [0.05, 0.1) is 32.4 Å². The molecule has 2 aromatic carbocycles.